The summed E-state index contributed by atoms with van der Waals surface area (Å²) in [6, 6.07) is 13.2. The van der Waals surface area contributed by atoms with Gasteiger partial charge in [0, 0.05) is 53.9 Å². The van der Waals surface area contributed by atoms with Crippen LogP contribution < -0.4 is 16.4 Å². The number of allylic oxidation sites excluding steroid dienone is 2. The van der Waals surface area contributed by atoms with E-state index in [1.54, 1.807) is 62.4 Å². The molecule has 2 heterocycles. The van der Waals surface area contributed by atoms with E-state index < -0.39 is 65.7 Å². The normalized spacial score (nSPS) is 21.0. The fraction of sp³-hybridized carbons (Fsp3) is 0.286. The lowest BCUT2D eigenvalue weighted by molar-refractivity contribution is -0.153. The van der Waals surface area contributed by atoms with Crippen LogP contribution in [0, 0.1) is 5.92 Å². The van der Waals surface area contributed by atoms with Gasteiger partial charge in [-0.1, -0.05) is 61.1 Å². The van der Waals surface area contributed by atoms with Crippen molar-refractivity contribution in [2.45, 2.75) is 58.5 Å². The van der Waals surface area contributed by atoms with Crippen LogP contribution in [-0.2, 0) is 28.5 Å². The summed E-state index contributed by atoms with van der Waals surface area (Å²) in [5, 5.41) is 30.1. The molecule has 296 valence electrons. The number of nitrogens with two attached hydrogens (primary N) is 1. The maximum absolute atomic E-state index is 13.3. The third kappa shape index (κ3) is 11.5. The third-order valence-corrected chi connectivity index (χ3v) is 9.75. The molecule has 0 fully saturated rings. The molecule has 2 bridgehead atoms. The molecular formula is C42H47N3O10S. The van der Waals surface area contributed by atoms with Crippen molar-refractivity contribution in [3.8, 4) is 11.5 Å². The van der Waals surface area contributed by atoms with E-state index in [4.69, 9.17) is 24.7 Å². The van der Waals surface area contributed by atoms with E-state index in [-0.39, 0.29) is 28.9 Å². The first kappa shape index (κ1) is 42.8. The van der Waals surface area contributed by atoms with Crippen molar-refractivity contribution < 1.29 is 48.3 Å². The van der Waals surface area contributed by atoms with E-state index in [2.05, 4.69) is 10.6 Å². The van der Waals surface area contributed by atoms with Gasteiger partial charge in [-0.05, 0) is 68.5 Å². The molecule has 2 aromatic carbocycles. The second kappa shape index (κ2) is 20.1. The van der Waals surface area contributed by atoms with Crippen LogP contribution in [-0.4, -0.2) is 72.7 Å². The number of fused-ring (bicyclic) bond motifs is 2. The molecule has 1 aliphatic heterocycles. The number of methoxy groups -OCH3 is 2. The van der Waals surface area contributed by atoms with Crippen molar-refractivity contribution in [1.29, 1.82) is 0 Å². The number of hydrogen-bond acceptors (Lipinski definition) is 11. The molecule has 0 spiro atoms. The Labute approximate surface area is 329 Å². The Bertz CT molecular complexity index is 2040. The molecule has 0 saturated carbocycles. The molecule has 0 radical (unpaired) electrons. The van der Waals surface area contributed by atoms with Gasteiger partial charge >= 0.3 is 12.1 Å². The van der Waals surface area contributed by atoms with Crippen molar-refractivity contribution >= 4 is 58.7 Å². The van der Waals surface area contributed by atoms with Gasteiger partial charge in [-0.15, -0.1) is 11.3 Å². The number of esters is 1. The van der Waals surface area contributed by atoms with Gasteiger partial charge in [-0.3, -0.25) is 9.59 Å². The molecule has 13 nitrogen and oxygen atoms in total. The first-order chi connectivity index (χ1) is 26.7. The number of amides is 3. The van der Waals surface area contributed by atoms with Crippen molar-refractivity contribution in [2.24, 2.45) is 11.7 Å². The van der Waals surface area contributed by atoms with Crippen LogP contribution in [0.5, 0.6) is 11.5 Å². The van der Waals surface area contributed by atoms with E-state index in [1.807, 2.05) is 24.4 Å². The standard InChI is InChI=1S/C42H47N3O10S/c1-24-20-30-36(45-41(50)28-13-8-7-9-14-28)32(46)23-31(37(30)48)44-40(49)25(2)12-10-16-33(52-5)38(55-42(43)51)26(3)22-27(4)39(34(21-24)53-6)54-35(47)18-17-29-15-11-19-56-29/h7-20,22-23,27,33-34,38-39,46,48H,21H2,1-6H3,(H2,43,51)(H,44,49)(H,45,50)/t27-,33-,34-,38-,39-/m0/s1. The summed E-state index contributed by atoms with van der Waals surface area (Å²) in [5.74, 6) is -3.23. The minimum absolute atomic E-state index is 0.00183. The van der Waals surface area contributed by atoms with E-state index in [0.29, 0.717) is 16.7 Å². The van der Waals surface area contributed by atoms with Gasteiger partial charge in [0.05, 0.1) is 17.5 Å². The number of rotatable bonds is 8. The first-order valence-corrected chi connectivity index (χ1v) is 18.5. The molecule has 14 heteroatoms. The number of hydrogen-bond donors (Lipinski definition) is 5. The number of ether oxygens (including phenoxy) is 4. The summed E-state index contributed by atoms with van der Waals surface area (Å²) >= 11 is 1.45. The number of aromatic hydroxyl groups is 2. The lowest BCUT2D eigenvalue weighted by atomic mass is 9.91. The highest BCUT2D eigenvalue weighted by atomic mass is 32.1. The molecular weight excluding hydrogens is 739 g/mol. The van der Waals surface area contributed by atoms with Crippen molar-refractivity contribution in [3.63, 3.8) is 0 Å². The number of phenolic OH excluding ortho intramolecular Hbond substituents is 2. The van der Waals surface area contributed by atoms with Gasteiger partial charge in [-0.2, -0.15) is 0 Å². The predicted molar refractivity (Wildman–Crippen MR) is 216 cm³/mol. The molecule has 5 atom stereocenters. The Morgan fingerprint density at radius 2 is 1.75 bits per heavy atom. The first-order valence-electron chi connectivity index (χ1n) is 17.6. The number of carbonyl (C=O) groups excluding carboxylic acids is 4. The molecule has 3 aromatic rings. The van der Waals surface area contributed by atoms with Crippen molar-refractivity contribution in [1.82, 2.24) is 0 Å². The zero-order chi connectivity index (χ0) is 40.9. The smallest absolute Gasteiger partial charge is 0.405 e. The van der Waals surface area contributed by atoms with Gasteiger partial charge < -0.3 is 45.5 Å². The number of phenols is 2. The van der Waals surface area contributed by atoms with Gasteiger partial charge in [0.25, 0.3) is 11.8 Å². The summed E-state index contributed by atoms with van der Waals surface area (Å²) in [4.78, 5) is 52.8. The molecule has 0 saturated heterocycles. The van der Waals surface area contributed by atoms with Gasteiger partial charge in [0.15, 0.2) is 6.10 Å². The third-order valence-electron chi connectivity index (χ3n) is 8.91. The van der Waals surface area contributed by atoms with Crippen LogP contribution in [0.3, 0.4) is 0 Å². The highest BCUT2D eigenvalue weighted by Crippen LogP contribution is 2.43. The van der Waals surface area contributed by atoms with Gasteiger partial charge in [0.2, 0.25) is 0 Å². The molecule has 0 unspecified atom stereocenters. The minimum Gasteiger partial charge on any atom is -0.506 e. The summed E-state index contributed by atoms with van der Waals surface area (Å²) in [7, 11) is 2.88. The van der Waals surface area contributed by atoms with Crippen LogP contribution in [0.2, 0.25) is 0 Å². The fourth-order valence-corrected chi connectivity index (χ4v) is 6.68. The maximum atomic E-state index is 13.3. The summed E-state index contributed by atoms with van der Waals surface area (Å²) in [6.45, 7) is 6.80. The second-order valence-electron chi connectivity index (χ2n) is 13.1. The minimum atomic E-state index is -1.04. The van der Waals surface area contributed by atoms with Gasteiger partial charge in [0.1, 0.15) is 23.7 Å². The van der Waals surface area contributed by atoms with E-state index in [9.17, 15) is 29.4 Å². The predicted octanol–water partition coefficient (Wildman–Crippen LogP) is 7.36. The summed E-state index contributed by atoms with van der Waals surface area (Å²) in [5.41, 5.74) is 6.83. The zero-order valence-corrected chi connectivity index (χ0v) is 32.8. The van der Waals surface area contributed by atoms with Crippen molar-refractivity contribution in [3.05, 3.63) is 117 Å². The molecule has 0 aliphatic carbocycles. The summed E-state index contributed by atoms with van der Waals surface area (Å²) in [6.07, 6.45) is 6.35. The Morgan fingerprint density at radius 1 is 1.02 bits per heavy atom. The Hall–Kier alpha value is -5.96. The number of thiophene rings is 1. The highest BCUT2D eigenvalue weighted by molar-refractivity contribution is 7.10. The fourth-order valence-electron chi connectivity index (χ4n) is 6.07. The lowest BCUT2D eigenvalue weighted by Gasteiger charge is -2.31. The Morgan fingerprint density at radius 3 is 2.39 bits per heavy atom. The second-order valence-corrected chi connectivity index (χ2v) is 14.1. The number of primary amides is 1. The lowest BCUT2D eigenvalue weighted by Crippen LogP contribution is -2.39. The van der Waals surface area contributed by atoms with E-state index >= 15 is 0 Å². The molecule has 56 heavy (non-hydrogen) atoms. The van der Waals surface area contributed by atoms with Crippen LogP contribution >= 0.6 is 11.3 Å². The summed E-state index contributed by atoms with van der Waals surface area (Å²) < 4.78 is 23.2. The molecule has 1 aliphatic rings. The Kier molecular flexibility index (Phi) is 15.4. The van der Waals surface area contributed by atoms with Crippen LogP contribution in [0.4, 0.5) is 16.2 Å². The number of nitrogens with one attached hydrogen (secondary N) is 2. The van der Waals surface area contributed by atoms with Gasteiger partial charge in [-0.25, -0.2) is 9.59 Å². The zero-order valence-electron chi connectivity index (χ0n) is 32.0. The Balaban J connectivity index is 1.88. The van der Waals surface area contributed by atoms with Crippen LogP contribution in [0.25, 0.3) is 12.2 Å². The number of anilines is 2. The largest absolute Gasteiger partial charge is 0.506 e. The molecule has 6 N–H and O–H groups in total. The maximum Gasteiger partial charge on any atom is 0.405 e. The SMILES string of the molecule is CO[C@H]1C=CC=C(C)C(=O)Nc2cc(O)c(NC(=O)c3ccccc3)c(c2O)C=C(C)C[C@H](OC)[C@@H](OC(=O)C=Cc2cccs2)[C@@H](C)C=C(C)[C@@H]1OC(N)=O. The molecule has 3 amide bonds. The highest BCUT2D eigenvalue weighted by Gasteiger charge is 2.32. The average molecular weight is 786 g/mol. The van der Waals surface area contributed by atoms with E-state index in [1.165, 1.54) is 56.8 Å². The molecule has 1 aromatic heterocycles. The monoisotopic (exact) mass is 785 g/mol. The average Bonchev–Trinajstić information content (AvgIpc) is 3.70. The molecule has 4 rings (SSSR count). The van der Waals surface area contributed by atoms with Crippen LogP contribution in [0.1, 0.15) is 54.9 Å². The van der Waals surface area contributed by atoms with Crippen molar-refractivity contribution in [2.75, 3.05) is 24.9 Å². The topological polar surface area (TPSA) is 196 Å². The number of benzene rings is 2. The van der Waals surface area contributed by atoms with Crippen LogP contribution in [0.15, 0.2) is 101 Å². The number of carbonyl (C=O) groups is 4. The quantitative estimate of drug-likeness (QED) is 0.0506. The van der Waals surface area contributed by atoms with E-state index in [0.717, 1.165) is 10.9 Å².